The van der Waals surface area contributed by atoms with Crippen LogP contribution in [0.15, 0.2) is 36.5 Å². The Hall–Kier alpha value is -2.30. The van der Waals surface area contributed by atoms with Gasteiger partial charge in [-0.2, -0.15) is 0 Å². The van der Waals surface area contributed by atoms with Crippen LogP contribution >= 0.6 is 0 Å². The number of benzene rings is 1. The van der Waals surface area contributed by atoms with Gasteiger partial charge in [0.05, 0.1) is 12.1 Å². The van der Waals surface area contributed by atoms with Crippen LogP contribution in [0.3, 0.4) is 0 Å². The van der Waals surface area contributed by atoms with Crippen LogP contribution in [-0.4, -0.2) is 30.2 Å². The van der Waals surface area contributed by atoms with E-state index in [1.54, 1.807) is 6.20 Å². The Morgan fingerprint density at radius 3 is 2.96 bits per heavy atom. The number of fused-ring (bicyclic) bond motifs is 1. The monoisotopic (exact) mass is 313 g/mol. The first-order chi connectivity index (χ1) is 11.3. The minimum absolute atomic E-state index is 0.0942. The molecule has 1 aromatic carbocycles. The maximum absolute atomic E-state index is 11.8. The van der Waals surface area contributed by atoms with Gasteiger partial charge in [0.15, 0.2) is 0 Å². The highest BCUT2D eigenvalue weighted by molar-refractivity contribution is 5.79. The molecule has 1 fully saturated rings. The van der Waals surface area contributed by atoms with Gasteiger partial charge in [-0.15, -0.1) is 0 Å². The predicted molar refractivity (Wildman–Crippen MR) is 90.6 cm³/mol. The molecule has 122 valence electrons. The second-order valence-corrected chi connectivity index (χ2v) is 5.94. The van der Waals surface area contributed by atoms with E-state index < -0.39 is 0 Å². The number of carbonyl (C=O) groups is 1. The Kier molecular flexibility index (Phi) is 5.29. The van der Waals surface area contributed by atoms with Crippen molar-refractivity contribution >= 4 is 16.9 Å². The third-order valence-corrected chi connectivity index (χ3v) is 4.17. The van der Waals surface area contributed by atoms with Crippen molar-refractivity contribution in [3.05, 3.63) is 36.5 Å². The van der Waals surface area contributed by atoms with E-state index in [1.807, 2.05) is 30.3 Å². The summed E-state index contributed by atoms with van der Waals surface area (Å²) >= 11 is 0. The van der Waals surface area contributed by atoms with Crippen LogP contribution < -0.4 is 15.4 Å². The lowest BCUT2D eigenvalue weighted by atomic mass is 9.96. The Bertz CT molecular complexity index is 654. The normalized spacial score (nSPS) is 15.3. The van der Waals surface area contributed by atoms with Gasteiger partial charge >= 0.3 is 6.03 Å². The van der Waals surface area contributed by atoms with E-state index in [0.717, 1.165) is 29.5 Å². The lowest BCUT2D eigenvalue weighted by Crippen LogP contribution is -2.44. The molecule has 0 spiro atoms. The largest absolute Gasteiger partial charge is 0.492 e. The highest BCUT2D eigenvalue weighted by Crippen LogP contribution is 2.19. The van der Waals surface area contributed by atoms with Crippen molar-refractivity contribution in [1.82, 2.24) is 15.6 Å². The molecule has 1 aromatic heterocycles. The lowest BCUT2D eigenvalue weighted by molar-refractivity contribution is 0.228. The number of pyridine rings is 1. The summed E-state index contributed by atoms with van der Waals surface area (Å²) in [6, 6.07) is 9.95. The first-order valence-corrected chi connectivity index (χ1v) is 8.33. The predicted octanol–water partition coefficient (Wildman–Crippen LogP) is 3.25. The fourth-order valence-electron chi connectivity index (χ4n) is 2.96. The van der Waals surface area contributed by atoms with Crippen molar-refractivity contribution in [3.8, 4) is 5.75 Å². The van der Waals surface area contributed by atoms with Gasteiger partial charge in [0.2, 0.25) is 0 Å². The van der Waals surface area contributed by atoms with Crippen molar-refractivity contribution in [2.45, 2.75) is 38.1 Å². The van der Waals surface area contributed by atoms with Crippen LogP contribution in [0.4, 0.5) is 4.79 Å². The minimum atomic E-state index is -0.0942. The molecule has 0 unspecified atom stereocenters. The first kappa shape index (κ1) is 15.6. The zero-order chi connectivity index (χ0) is 15.9. The number of ether oxygens (including phenoxy) is 1. The van der Waals surface area contributed by atoms with Crippen LogP contribution in [0.2, 0.25) is 0 Å². The smallest absolute Gasteiger partial charge is 0.315 e. The van der Waals surface area contributed by atoms with Crippen molar-refractivity contribution in [1.29, 1.82) is 0 Å². The van der Waals surface area contributed by atoms with Gasteiger partial charge in [0, 0.05) is 17.6 Å². The van der Waals surface area contributed by atoms with Gasteiger partial charge in [-0.3, -0.25) is 4.98 Å². The number of nitrogens with one attached hydrogen (secondary N) is 2. The molecule has 3 rings (SSSR count). The number of rotatable bonds is 5. The Balaban J connectivity index is 1.39. The maximum atomic E-state index is 11.8. The van der Waals surface area contributed by atoms with Crippen LogP contribution in [0, 0.1) is 0 Å². The number of amides is 2. The molecule has 1 aliphatic carbocycles. The van der Waals surface area contributed by atoms with Gasteiger partial charge in [0.25, 0.3) is 0 Å². The number of carbonyl (C=O) groups excluding carboxylic acids is 1. The highest BCUT2D eigenvalue weighted by Gasteiger charge is 2.15. The standard InChI is InChI=1S/C18H23N3O2/c22-18(21-15-6-2-1-3-7-15)20-11-12-23-16-8-9-17-14(13-16)5-4-10-19-17/h4-5,8-10,13,15H,1-3,6-7,11-12H2,(H2,20,21,22). The number of hydrogen-bond donors (Lipinski definition) is 2. The van der Waals surface area contributed by atoms with Crippen LogP contribution in [0.5, 0.6) is 5.75 Å². The summed E-state index contributed by atoms with van der Waals surface area (Å²) in [7, 11) is 0. The van der Waals surface area contributed by atoms with E-state index in [1.165, 1.54) is 19.3 Å². The average molecular weight is 313 g/mol. The molecule has 0 aliphatic heterocycles. The van der Waals surface area contributed by atoms with Crippen molar-refractivity contribution in [2.75, 3.05) is 13.2 Å². The fraction of sp³-hybridized carbons (Fsp3) is 0.444. The Morgan fingerprint density at radius 2 is 2.09 bits per heavy atom. The maximum Gasteiger partial charge on any atom is 0.315 e. The average Bonchev–Trinajstić information content (AvgIpc) is 2.59. The van der Waals surface area contributed by atoms with E-state index >= 15 is 0 Å². The molecule has 5 heteroatoms. The van der Waals surface area contributed by atoms with Crippen LogP contribution in [0.25, 0.3) is 10.9 Å². The zero-order valence-electron chi connectivity index (χ0n) is 13.3. The summed E-state index contributed by atoms with van der Waals surface area (Å²) in [4.78, 5) is 16.1. The van der Waals surface area contributed by atoms with E-state index in [0.29, 0.717) is 19.2 Å². The first-order valence-electron chi connectivity index (χ1n) is 8.33. The quantitative estimate of drug-likeness (QED) is 0.833. The molecule has 0 saturated heterocycles. The molecule has 0 radical (unpaired) electrons. The third-order valence-electron chi connectivity index (χ3n) is 4.17. The molecule has 2 N–H and O–H groups in total. The Morgan fingerprint density at radius 1 is 1.22 bits per heavy atom. The van der Waals surface area contributed by atoms with Crippen LogP contribution in [-0.2, 0) is 0 Å². The summed E-state index contributed by atoms with van der Waals surface area (Å²) < 4.78 is 5.68. The lowest BCUT2D eigenvalue weighted by Gasteiger charge is -2.22. The summed E-state index contributed by atoms with van der Waals surface area (Å²) in [5, 5.41) is 6.93. The SMILES string of the molecule is O=C(NCCOc1ccc2ncccc2c1)NC1CCCCC1. The van der Waals surface area contributed by atoms with Gasteiger partial charge in [-0.25, -0.2) is 4.79 Å². The highest BCUT2D eigenvalue weighted by atomic mass is 16.5. The second-order valence-electron chi connectivity index (χ2n) is 5.94. The van der Waals surface area contributed by atoms with E-state index in [9.17, 15) is 4.79 Å². The van der Waals surface area contributed by atoms with Crippen LogP contribution in [0.1, 0.15) is 32.1 Å². The van der Waals surface area contributed by atoms with Gasteiger partial charge < -0.3 is 15.4 Å². The van der Waals surface area contributed by atoms with Crippen molar-refractivity contribution in [2.24, 2.45) is 0 Å². The van der Waals surface area contributed by atoms with Crippen molar-refractivity contribution in [3.63, 3.8) is 0 Å². The molecule has 5 nitrogen and oxygen atoms in total. The third kappa shape index (κ3) is 4.58. The topological polar surface area (TPSA) is 63.2 Å². The zero-order valence-corrected chi connectivity index (χ0v) is 13.3. The number of hydrogen-bond acceptors (Lipinski definition) is 3. The minimum Gasteiger partial charge on any atom is -0.492 e. The molecule has 0 atom stereocenters. The molecule has 1 saturated carbocycles. The number of nitrogens with zero attached hydrogens (tertiary/aromatic N) is 1. The van der Waals surface area contributed by atoms with Gasteiger partial charge in [-0.05, 0) is 37.1 Å². The molecule has 2 aromatic rings. The second kappa shape index (κ2) is 7.81. The molecule has 23 heavy (non-hydrogen) atoms. The summed E-state index contributed by atoms with van der Waals surface area (Å²) in [6.45, 7) is 0.938. The summed E-state index contributed by atoms with van der Waals surface area (Å²) in [6.07, 6.45) is 7.67. The number of urea groups is 1. The molecule has 1 aliphatic rings. The molecule has 0 bridgehead atoms. The molecule has 2 amide bonds. The van der Waals surface area contributed by atoms with E-state index in [-0.39, 0.29) is 6.03 Å². The van der Waals surface area contributed by atoms with Crippen molar-refractivity contribution < 1.29 is 9.53 Å². The molecule has 1 heterocycles. The summed E-state index contributed by atoms with van der Waals surface area (Å²) in [5.74, 6) is 0.792. The molecular formula is C18H23N3O2. The summed E-state index contributed by atoms with van der Waals surface area (Å²) in [5.41, 5.74) is 0.949. The fourth-order valence-corrected chi connectivity index (χ4v) is 2.96. The van der Waals surface area contributed by atoms with E-state index in [4.69, 9.17) is 4.74 Å². The van der Waals surface area contributed by atoms with Gasteiger partial charge in [-0.1, -0.05) is 25.3 Å². The number of aromatic nitrogens is 1. The molecular weight excluding hydrogens is 290 g/mol. The van der Waals surface area contributed by atoms with Gasteiger partial charge in [0.1, 0.15) is 12.4 Å². The van der Waals surface area contributed by atoms with E-state index in [2.05, 4.69) is 15.6 Å². The Labute approximate surface area is 136 Å².